The van der Waals surface area contributed by atoms with E-state index in [2.05, 4.69) is 20.8 Å². The van der Waals surface area contributed by atoms with Crippen molar-refractivity contribution >= 4 is 17.6 Å². The van der Waals surface area contributed by atoms with Crippen molar-refractivity contribution in [1.29, 1.82) is 0 Å². The van der Waals surface area contributed by atoms with Gasteiger partial charge in [0, 0.05) is 51.5 Å². The predicted octanol–water partition coefficient (Wildman–Crippen LogP) is 2.70. The van der Waals surface area contributed by atoms with Gasteiger partial charge in [-0.1, -0.05) is 24.3 Å². The molecule has 0 aliphatic carbocycles. The van der Waals surface area contributed by atoms with Crippen LogP contribution in [0.4, 0.5) is 23.4 Å². The highest BCUT2D eigenvalue weighted by Crippen LogP contribution is 2.41. The number of ether oxygens (including phenoxy) is 1. The number of carbonyl (C=O) groups excluding carboxylic acids is 2. The monoisotopic (exact) mass is 599 g/mol. The van der Waals surface area contributed by atoms with Gasteiger partial charge in [-0.25, -0.2) is 14.8 Å². The zero-order valence-corrected chi connectivity index (χ0v) is 22.9. The fourth-order valence-electron chi connectivity index (χ4n) is 5.98. The van der Waals surface area contributed by atoms with E-state index < -0.39 is 35.9 Å². The molecule has 3 aliphatic rings. The first-order valence-corrected chi connectivity index (χ1v) is 13.9. The summed E-state index contributed by atoms with van der Waals surface area (Å²) in [6.07, 6.45) is -0.670. The molecule has 43 heavy (non-hydrogen) atoms. The van der Waals surface area contributed by atoms with Crippen LogP contribution in [0.2, 0.25) is 0 Å². The van der Waals surface area contributed by atoms with Gasteiger partial charge < -0.3 is 14.5 Å². The molecule has 14 heteroatoms. The first-order chi connectivity index (χ1) is 20.7. The zero-order chi connectivity index (χ0) is 30.1. The van der Waals surface area contributed by atoms with Crippen LogP contribution in [-0.2, 0) is 11.3 Å². The van der Waals surface area contributed by atoms with E-state index in [0.717, 1.165) is 17.3 Å². The number of fused-ring (bicyclic) bond motifs is 1. The average Bonchev–Trinajstić information content (AvgIpc) is 3.38. The van der Waals surface area contributed by atoms with Crippen LogP contribution >= 0.6 is 0 Å². The first-order valence-electron chi connectivity index (χ1n) is 13.9. The maximum Gasteiger partial charge on any atom is 0.402 e. The van der Waals surface area contributed by atoms with Crippen molar-refractivity contribution in [1.82, 2.24) is 30.6 Å². The smallest absolute Gasteiger partial charge is 0.402 e. The lowest BCUT2D eigenvalue weighted by atomic mass is 9.94. The van der Waals surface area contributed by atoms with E-state index in [1.807, 2.05) is 29.2 Å². The van der Waals surface area contributed by atoms with Crippen LogP contribution in [0.3, 0.4) is 0 Å². The minimum absolute atomic E-state index is 0.0115. The van der Waals surface area contributed by atoms with Gasteiger partial charge in [0.1, 0.15) is 24.0 Å². The average molecular weight is 600 g/mol. The number of alkyl halides is 3. The molecular weight excluding hydrogens is 570 g/mol. The number of nitrogens with zero attached hydrogens (tertiary/aromatic N) is 5. The highest BCUT2D eigenvalue weighted by atomic mass is 19.4. The molecule has 2 aromatic heterocycles. The lowest BCUT2D eigenvalue weighted by Crippen LogP contribution is -2.64. The molecule has 3 aliphatic heterocycles. The van der Waals surface area contributed by atoms with Crippen LogP contribution in [-0.4, -0.2) is 83.1 Å². The summed E-state index contributed by atoms with van der Waals surface area (Å²) < 4.78 is 61.2. The Kier molecular flexibility index (Phi) is 7.88. The Labute approximate surface area is 244 Å². The van der Waals surface area contributed by atoms with Crippen molar-refractivity contribution < 1.29 is 31.9 Å². The Morgan fingerprint density at radius 1 is 1.05 bits per heavy atom. The number of benzene rings is 1. The van der Waals surface area contributed by atoms with Crippen LogP contribution in [0.25, 0.3) is 0 Å². The molecule has 2 amide bonds. The standard InChI is InChI=1S/C29H29F4N7O3/c30-20-5-6-25(35-13-20)38-7-9-39(10-8-38)28(42)19-11-21(14-34-12-19)43-17-24-22-4-2-1-3-18(22)16-40(24)23-15-36-37-27(41)26(23)29(31,32)33/h1-6,11-14,23-24,26,36H,7-10,15-17H2,(H,37,41). The molecule has 2 N–H and O–H groups in total. The quantitative estimate of drug-likeness (QED) is 0.418. The van der Waals surface area contributed by atoms with E-state index >= 15 is 0 Å². The van der Waals surface area contributed by atoms with Crippen molar-refractivity contribution in [3.63, 3.8) is 0 Å². The van der Waals surface area contributed by atoms with Gasteiger partial charge in [0.25, 0.3) is 5.91 Å². The highest BCUT2D eigenvalue weighted by Gasteiger charge is 2.55. The van der Waals surface area contributed by atoms with E-state index in [0.29, 0.717) is 43.3 Å². The number of nitrogens with one attached hydrogen (secondary N) is 2. The summed E-state index contributed by atoms with van der Waals surface area (Å²) >= 11 is 0. The summed E-state index contributed by atoms with van der Waals surface area (Å²) in [5.74, 6) is -3.03. The Morgan fingerprint density at radius 3 is 2.58 bits per heavy atom. The minimum Gasteiger partial charge on any atom is -0.490 e. The number of aromatic nitrogens is 2. The topological polar surface area (TPSA) is 103 Å². The van der Waals surface area contributed by atoms with E-state index in [9.17, 15) is 27.2 Å². The van der Waals surface area contributed by atoms with Gasteiger partial charge in [0.05, 0.1) is 24.0 Å². The summed E-state index contributed by atoms with van der Waals surface area (Å²) in [4.78, 5) is 39.2. The molecule has 0 radical (unpaired) electrons. The second-order valence-corrected chi connectivity index (χ2v) is 10.7. The summed E-state index contributed by atoms with van der Waals surface area (Å²) in [5, 5.41) is 0. The van der Waals surface area contributed by atoms with Crippen molar-refractivity contribution in [2.75, 3.05) is 44.2 Å². The first kappa shape index (κ1) is 28.8. The lowest BCUT2D eigenvalue weighted by Gasteiger charge is -2.40. The number of pyridine rings is 2. The highest BCUT2D eigenvalue weighted by molar-refractivity contribution is 5.94. The molecular formula is C29H29F4N7O3. The van der Waals surface area contributed by atoms with E-state index in [4.69, 9.17) is 4.74 Å². The molecule has 0 bridgehead atoms. The van der Waals surface area contributed by atoms with E-state index in [1.165, 1.54) is 18.5 Å². The van der Waals surface area contributed by atoms with Crippen LogP contribution in [0, 0.1) is 11.7 Å². The Morgan fingerprint density at radius 2 is 1.84 bits per heavy atom. The molecule has 3 atom stereocenters. The summed E-state index contributed by atoms with van der Waals surface area (Å²) in [5.41, 5.74) is 6.71. The van der Waals surface area contributed by atoms with Gasteiger partial charge in [-0.2, -0.15) is 13.2 Å². The molecule has 3 aromatic rings. The third-order valence-electron chi connectivity index (χ3n) is 8.11. The van der Waals surface area contributed by atoms with Crippen molar-refractivity contribution in [2.45, 2.75) is 24.8 Å². The molecule has 0 spiro atoms. The fraction of sp³-hybridized carbons (Fsp3) is 0.379. The molecule has 2 fully saturated rings. The van der Waals surface area contributed by atoms with Crippen molar-refractivity contribution in [3.05, 3.63) is 83.6 Å². The minimum atomic E-state index is -4.73. The number of hydrogen-bond donors (Lipinski definition) is 2. The van der Waals surface area contributed by atoms with Gasteiger partial charge in [0.15, 0.2) is 5.92 Å². The van der Waals surface area contributed by atoms with Crippen molar-refractivity contribution in [2.24, 2.45) is 5.92 Å². The largest absolute Gasteiger partial charge is 0.490 e. The number of hydrogen-bond acceptors (Lipinski definition) is 8. The van der Waals surface area contributed by atoms with Gasteiger partial charge in [-0.15, -0.1) is 0 Å². The van der Waals surface area contributed by atoms with E-state index in [-0.39, 0.29) is 25.6 Å². The van der Waals surface area contributed by atoms with Gasteiger partial charge in [0.2, 0.25) is 5.91 Å². The number of anilines is 1. The second-order valence-electron chi connectivity index (χ2n) is 10.7. The molecule has 3 unspecified atom stereocenters. The SMILES string of the molecule is O=C1NNCC(N2Cc3ccccc3C2COc2cncc(C(=O)N3CCN(c4ccc(F)cn4)CC3)c2)C1C(F)(F)F. The molecule has 6 rings (SSSR count). The Bertz CT molecular complexity index is 1480. The summed E-state index contributed by atoms with van der Waals surface area (Å²) in [6.45, 7) is 2.04. The Hall–Kier alpha value is -4.30. The molecule has 226 valence electrons. The maximum absolute atomic E-state index is 14.0. The molecule has 2 saturated heterocycles. The summed E-state index contributed by atoms with van der Waals surface area (Å²) in [7, 11) is 0. The van der Waals surface area contributed by atoms with Gasteiger partial charge in [-0.3, -0.25) is 24.9 Å². The molecule has 10 nitrogen and oxygen atoms in total. The zero-order valence-electron chi connectivity index (χ0n) is 22.9. The number of rotatable bonds is 6. The fourth-order valence-corrected chi connectivity index (χ4v) is 5.98. The van der Waals surface area contributed by atoms with Gasteiger partial charge in [-0.05, 0) is 29.3 Å². The van der Waals surface area contributed by atoms with Crippen LogP contribution < -0.4 is 20.5 Å². The normalized spacial score (nSPS) is 22.7. The number of hydrazine groups is 1. The maximum atomic E-state index is 14.0. The third kappa shape index (κ3) is 5.97. The predicted molar refractivity (Wildman–Crippen MR) is 146 cm³/mol. The third-order valence-corrected chi connectivity index (χ3v) is 8.11. The van der Waals surface area contributed by atoms with Crippen LogP contribution in [0.5, 0.6) is 5.75 Å². The van der Waals surface area contributed by atoms with E-state index in [1.54, 1.807) is 21.9 Å². The van der Waals surface area contributed by atoms with Crippen molar-refractivity contribution in [3.8, 4) is 5.75 Å². The number of piperazine rings is 1. The number of carbonyl (C=O) groups is 2. The van der Waals surface area contributed by atoms with Crippen LogP contribution in [0.15, 0.2) is 61.1 Å². The van der Waals surface area contributed by atoms with Crippen LogP contribution in [0.1, 0.15) is 27.5 Å². The summed E-state index contributed by atoms with van der Waals surface area (Å²) in [6, 6.07) is 10.1. The number of amides is 2. The Balaban J connectivity index is 1.14. The molecule has 0 saturated carbocycles. The molecule has 5 heterocycles. The second kappa shape index (κ2) is 11.8. The number of halogens is 4. The van der Waals surface area contributed by atoms with Gasteiger partial charge >= 0.3 is 6.18 Å². The molecule has 1 aromatic carbocycles. The lowest BCUT2D eigenvalue weighted by molar-refractivity contribution is -0.202.